The second-order valence-corrected chi connectivity index (χ2v) is 4.25. The summed E-state index contributed by atoms with van der Waals surface area (Å²) in [6, 6.07) is 4.44. The van der Waals surface area contributed by atoms with Crippen molar-refractivity contribution in [2.45, 2.75) is 20.4 Å². The van der Waals surface area contributed by atoms with E-state index < -0.39 is 10.2 Å². The summed E-state index contributed by atoms with van der Waals surface area (Å²) in [5, 5.41) is 0. The maximum atomic E-state index is 8.49. The van der Waals surface area contributed by atoms with Gasteiger partial charge in [0.05, 0.1) is 0 Å². The van der Waals surface area contributed by atoms with Gasteiger partial charge in [-0.15, -0.1) is 10.2 Å². The van der Waals surface area contributed by atoms with E-state index in [1.54, 1.807) is 0 Å². The summed E-state index contributed by atoms with van der Waals surface area (Å²) in [4.78, 5) is 0. The van der Waals surface area contributed by atoms with Crippen LogP contribution in [0.15, 0.2) is 18.2 Å². The SMILES string of the molecule is Cc1cc(C)[n+]2c(c1)C=CC2.[O-][Cl+3]([O-])([O-])[O-]. The number of halogens is 1. The molecule has 0 unspecified atom stereocenters. The van der Waals surface area contributed by atoms with Crippen molar-refractivity contribution in [2.75, 3.05) is 0 Å². The lowest BCUT2D eigenvalue weighted by molar-refractivity contribution is -2.00. The molecular formula is C10H12ClNO4. The Balaban J connectivity index is 0.000000221. The van der Waals surface area contributed by atoms with Crippen molar-refractivity contribution in [3.63, 3.8) is 0 Å². The number of allylic oxidation sites excluding steroid dienone is 1. The van der Waals surface area contributed by atoms with Crippen LogP contribution in [0.2, 0.25) is 0 Å². The van der Waals surface area contributed by atoms with Crippen molar-refractivity contribution >= 4 is 6.08 Å². The first-order valence-electron chi connectivity index (χ1n) is 4.57. The second-order valence-electron chi connectivity index (χ2n) is 3.49. The van der Waals surface area contributed by atoms with Gasteiger partial charge in [0.1, 0.15) is 0 Å². The maximum Gasteiger partial charge on any atom is 0.205 e. The highest BCUT2D eigenvalue weighted by Crippen LogP contribution is 2.08. The molecule has 0 N–H and O–H groups in total. The number of hydrogen-bond donors (Lipinski definition) is 0. The molecule has 0 bridgehead atoms. The van der Waals surface area contributed by atoms with E-state index in [0.29, 0.717) is 0 Å². The number of nitrogens with zero attached hydrogens (tertiary/aromatic N) is 1. The Hall–Kier alpha value is -0.980. The summed E-state index contributed by atoms with van der Waals surface area (Å²) in [5.41, 5.74) is 4.04. The highest BCUT2D eigenvalue weighted by molar-refractivity contribution is 5.44. The third-order valence-corrected chi connectivity index (χ3v) is 2.13. The molecule has 1 aromatic rings. The van der Waals surface area contributed by atoms with Crippen LogP contribution in [0.3, 0.4) is 0 Å². The molecule has 0 amide bonds. The topological polar surface area (TPSA) is 96.1 Å². The number of hydrogen-bond acceptors (Lipinski definition) is 4. The molecule has 5 nitrogen and oxygen atoms in total. The van der Waals surface area contributed by atoms with Crippen LogP contribution in [0.4, 0.5) is 0 Å². The molecule has 2 rings (SSSR count). The van der Waals surface area contributed by atoms with E-state index in [1.807, 2.05) is 0 Å². The van der Waals surface area contributed by atoms with E-state index >= 15 is 0 Å². The van der Waals surface area contributed by atoms with Crippen LogP contribution in [-0.2, 0) is 6.54 Å². The second kappa shape index (κ2) is 4.90. The van der Waals surface area contributed by atoms with Gasteiger partial charge < -0.3 is 0 Å². The predicted molar refractivity (Wildman–Crippen MR) is 45.1 cm³/mol. The summed E-state index contributed by atoms with van der Waals surface area (Å²) in [5.74, 6) is 0. The molecular weight excluding hydrogens is 234 g/mol. The summed E-state index contributed by atoms with van der Waals surface area (Å²) in [6.45, 7) is 5.34. The Morgan fingerprint density at radius 1 is 1.12 bits per heavy atom. The normalized spacial score (nSPS) is 13.1. The van der Waals surface area contributed by atoms with E-state index in [0.717, 1.165) is 6.54 Å². The van der Waals surface area contributed by atoms with Gasteiger partial charge in [0.25, 0.3) is 0 Å². The van der Waals surface area contributed by atoms with Crippen molar-refractivity contribution < 1.29 is 33.4 Å². The van der Waals surface area contributed by atoms with Gasteiger partial charge in [-0.2, -0.15) is 4.57 Å². The van der Waals surface area contributed by atoms with E-state index in [2.05, 4.69) is 42.7 Å². The molecule has 0 atom stereocenters. The summed E-state index contributed by atoms with van der Waals surface area (Å²) in [7, 11) is -4.94. The van der Waals surface area contributed by atoms with E-state index in [-0.39, 0.29) is 0 Å². The highest BCUT2D eigenvalue weighted by atomic mass is 35.7. The third-order valence-electron chi connectivity index (χ3n) is 2.13. The highest BCUT2D eigenvalue weighted by Gasteiger charge is 2.15. The van der Waals surface area contributed by atoms with Gasteiger partial charge in [0.2, 0.25) is 5.69 Å². The Kier molecular flexibility index (Phi) is 4.01. The van der Waals surface area contributed by atoms with Gasteiger partial charge in [-0.1, -0.05) is 0 Å². The van der Waals surface area contributed by atoms with E-state index in [9.17, 15) is 0 Å². The number of aromatic nitrogens is 1. The van der Waals surface area contributed by atoms with Gasteiger partial charge >= 0.3 is 0 Å². The monoisotopic (exact) mass is 245 g/mol. The molecule has 2 heterocycles. The largest absolute Gasteiger partial charge is 0.222 e. The van der Waals surface area contributed by atoms with Crippen LogP contribution in [0.25, 0.3) is 6.08 Å². The van der Waals surface area contributed by atoms with Crippen molar-refractivity contribution in [1.29, 1.82) is 0 Å². The van der Waals surface area contributed by atoms with Crippen molar-refractivity contribution in [3.8, 4) is 0 Å². The fourth-order valence-corrected chi connectivity index (χ4v) is 1.63. The first kappa shape index (κ1) is 13.1. The van der Waals surface area contributed by atoms with Gasteiger partial charge in [-0.3, -0.25) is 0 Å². The van der Waals surface area contributed by atoms with Gasteiger partial charge in [-0.05, 0) is 18.6 Å². The third kappa shape index (κ3) is 4.26. The minimum atomic E-state index is -4.94. The molecule has 0 spiro atoms. The molecule has 0 fully saturated rings. The first-order valence-corrected chi connectivity index (χ1v) is 5.80. The molecule has 0 saturated carbocycles. The molecule has 16 heavy (non-hydrogen) atoms. The van der Waals surface area contributed by atoms with E-state index in [4.69, 9.17) is 18.6 Å². The van der Waals surface area contributed by atoms with Gasteiger partial charge in [0, 0.05) is 25.1 Å². The van der Waals surface area contributed by atoms with Crippen LogP contribution >= 0.6 is 0 Å². The van der Waals surface area contributed by atoms with Crippen LogP contribution in [0, 0.1) is 24.1 Å². The van der Waals surface area contributed by atoms with Gasteiger partial charge in [0.15, 0.2) is 12.2 Å². The minimum Gasteiger partial charge on any atom is -0.222 e. The molecule has 0 aliphatic carbocycles. The fourth-order valence-electron chi connectivity index (χ4n) is 1.63. The number of fused-ring (bicyclic) bond motifs is 1. The molecule has 6 heteroatoms. The molecule has 0 radical (unpaired) electrons. The zero-order valence-electron chi connectivity index (χ0n) is 8.97. The Bertz CT molecular complexity index is 406. The summed E-state index contributed by atoms with van der Waals surface area (Å²) >= 11 is 0. The average Bonchev–Trinajstić information content (AvgIpc) is 2.47. The van der Waals surface area contributed by atoms with Crippen LogP contribution in [-0.4, -0.2) is 0 Å². The first-order chi connectivity index (χ1) is 7.27. The molecule has 0 saturated heterocycles. The van der Waals surface area contributed by atoms with Gasteiger partial charge in [-0.25, -0.2) is 18.6 Å². The van der Waals surface area contributed by atoms with E-state index in [1.165, 1.54) is 17.0 Å². The molecule has 1 aliphatic rings. The lowest BCUT2D eigenvalue weighted by atomic mass is 10.2. The zero-order chi connectivity index (χ0) is 12.3. The van der Waals surface area contributed by atoms with Crippen LogP contribution < -0.4 is 23.2 Å². The quantitative estimate of drug-likeness (QED) is 0.451. The van der Waals surface area contributed by atoms with Crippen molar-refractivity contribution in [3.05, 3.63) is 35.2 Å². The number of aryl methyl sites for hydroxylation is 2. The summed E-state index contributed by atoms with van der Waals surface area (Å²) < 4.78 is 36.3. The Morgan fingerprint density at radius 2 is 1.69 bits per heavy atom. The van der Waals surface area contributed by atoms with Crippen molar-refractivity contribution in [1.82, 2.24) is 0 Å². The lowest BCUT2D eigenvalue weighted by Crippen LogP contribution is -2.68. The minimum absolute atomic E-state index is 1.04. The fraction of sp³-hybridized carbons (Fsp3) is 0.300. The lowest BCUT2D eigenvalue weighted by Gasteiger charge is -2.17. The van der Waals surface area contributed by atoms with Crippen LogP contribution in [0.1, 0.15) is 17.0 Å². The summed E-state index contributed by atoms with van der Waals surface area (Å²) in [6.07, 6.45) is 4.38. The molecule has 1 aliphatic heterocycles. The Morgan fingerprint density at radius 3 is 2.25 bits per heavy atom. The zero-order valence-corrected chi connectivity index (χ0v) is 9.73. The number of rotatable bonds is 0. The average molecular weight is 246 g/mol. The Labute approximate surface area is 95.6 Å². The molecule has 0 aromatic carbocycles. The standard InChI is InChI=1S/C10H12N.ClHO4/c1-8-6-9(2)11-5-3-4-10(11)7-8;2-1(3,4)5/h3-4,6-7H,5H2,1-2H3;(H,2,3,4,5)/q+1;/p-1. The van der Waals surface area contributed by atoms with Crippen molar-refractivity contribution in [2.24, 2.45) is 0 Å². The number of pyridine rings is 1. The molecule has 88 valence electrons. The maximum absolute atomic E-state index is 8.49. The molecule has 1 aromatic heterocycles. The smallest absolute Gasteiger partial charge is 0.205 e. The van der Waals surface area contributed by atoms with Crippen LogP contribution in [0.5, 0.6) is 0 Å². The predicted octanol–water partition coefficient (Wildman–Crippen LogP) is -3.14.